The number of hydrogen-bond donors (Lipinski definition) is 2. The Morgan fingerprint density at radius 3 is 2.52 bits per heavy atom. The number of hydrazine groups is 1. The first kappa shape index (κ1) is 24.1. The molecule has 0 atom stereocenters. The second-order valence-electron chi connectivity index (χ2n) is 8.36. The normalized spacial score (nSPS) is 18.0. The molecule has 1 aromatic heterocycles. The number of carbonyl (C=O) groups is 1. The van der Waals surface area contributed by atoms with Crippen LogP contribution in [0.2, 0.25) is 5.02 Å². The first-order valence-corrected chi connectivity index (χ1v) is 13.8. The second kappa shape index (κ2) is 8.95. The van der Waals surface area contributed by atoms with Crippen molar-refractivity contribution >= 4 is 37.6 Å². The molecule has 2 aliphatic rings. The van der Waals surface area contributed by atoms with Crippen molar-refractivity contribution in [3.8, 4) is 11.3 Å². The number of amides is 1. The van der Waals surface area contributed by atoms with Crippen LogP contribution in [-0.2, 0) is 27.1 Å². The Hall–Kier alpha value is -2.06. The molecular formula is C19H23ClFN5O5S2. The summed E-state index contributed by atoms with van der Waals surface area (Å²) < 4.78 is 66.7. The third kappa shape index (κ3) is 5.06. The van der Waals surface area contributed by atoms with Crippen LogP contribution in [0.5, 0.6) is 0 Å². The number of nitrogens with one attached hydrogen (secondary N) is 2. The number of benzene rings is 1. The number of imidazole rings is 1. The lowest BCUT2D eigenvalue weighted by Crippen LogP contribution is -2.57. The molecule has 0 spiro atoms. The van der Waals surface area contributed by atoms with E-state index < -0.39 is 43.3 Å². The first-order valence-electron chi connectivity index (χ1n) is 10.2. The minimum Gasteiger partial charge on any atom is -0.340 e. The summed E-state index contributed by atoms with van der Waals surface area (Å²) in [5.41, 5.74) is 2.38. The number of nitrogens with zero attached hydrogens (tertiary/aromatic N) is 3. The van der Waals surface area contributed by atoms with E-state index in [1.54, 1.807) is 17.8 Å². The monoisotopic (exact) mass is 519 g/mol. The molecule has 1 aliphatic heterocycles. The van der Waals surface area contributed by atoms with Crippen molar-refractivity contribution in [3.05, 3.63) is 41.1 Å². The van der Waals surface area contributed by atoms with Gasteiger partial charge in [0.2, 0.25) is 20.0 Å². The van der Waals surface area contributed by atoms with E-state index in [2.05, 4.69) is 4.98 Å². The Morgan fingerprint density at radius 2 is 1.94 bits per heavy atom. The van der Waals surface area contributed by atoms with Crippen LogP contribution in [0.1, 0.15) is 29.6 Å². The van der Waals surface area contributed by atoms with Gasteiger partial charge in [-0.2, -0.15) is 0 Å². The molecule has 0 radical (unpaired) electrons. The Balaban J connectivity index is 1.36. The zero-order valence-corrected chi connectivity index (χ0v) is 20.1. The Kier molecular flexibility index (Phi) is 6.53. The summed E-state index contributed by atoms with van der Waals surface area (Å²) in [6.45, 7) is 0.230. The SMILES string of the molecule is Cn1cnc(-c2cc(Cl)c(F)c(C(=O)NNS(=O)(=O)CC3CN(S(=O)(=O)C4CCC4)C3)c2)c1. The topological polar surface area (TPSA) is 130 Å². The number of hydrogen-bond acceptors (Lipinski definition) is 6. The van der Waals surface area contributed by atoms with Crippen LogP contribution in [0.4, 0.5) is 4.39 Å². The van der Waals surface area contributed by atoms with Crippen molar-refractivity contribution in [2.24, 2.45) is 13.0 Å². The van der Waals surface area contributed by atoms with Gasteiger partial charge in [0.1, 0.15) is 0 Å². The summed E-state index contributed by atoms with van der Waals surface area (Å²) >= 11 is 5.91. The smallest absolute Gasteiger partial charge is 0.269 e. The molecule has 1 saturated carbocycles. The van der Waals surface area contributed by atoms with Crippen LogP contribution in [0.15, 0.2) is 24.7 Å². The van der Waals surface area contributed by atoms with Gasteiger partial charge in [-0.05, 0) is 25.0 Å². The lowest BCUT2D eigenvalue weighted by Gasteiger charge is -2.41. The van der Waals surface area contributed by atoms with Crippen LogP contribution < -0.4 is 10.3 Å². The Labute approximate surface area is 196 Å². The van der Waals surface area contributed by atoms with Gasteiger partial charge >= 0.3 is 0 Å². The van der Waals surface area contributed by atoms with E-state index >= 15 is 0 Å². The zero-order valence-electron chi connectivity index (χ0n) is 17.7. The molecular weight excluding hydrogens is 497 g/mol. The van der Waals surface area contributed by atoms with Gasteiger partial charge in [-0.1, -0.05) is 18.0 Å². The third-order valence-corrected chi connectivity index (χ3v) is 9.74. The van der Waals surface area contributed by atoms with Crippen LogP contribution in [-0.4, -0.2) is 60.7 Å². The van der Waals surface area contributed by atoms with Gasteiger partial charge in [-0.25, -0.2) is 30.5 Å². The summed E-state index contributed by atoms with van der Waals surface area (Å²) in [6, 6.07) is 2.54. The third-order valence-electron chi connectivity index (χ3n) is 5.81. The highest BCUT2D eigenvalue weighted by atomic mass is 35.5. The molecule has 180 valence electrons. The number of sulfonamides is 2. The predicted molar refractivity (Wildman–Crippen MR) is 120 cm³/mol. The van der Waals surface area contributed by atoms with Gasteiger partial charge in [0.05, 0.1) is 33.6 Å². The van der Waals surface area contributed by atoms with E-state index in [4.69, 9.17) is 11.6 Å². The highest BCUT2D eigenvalue weighted by Gasteiger charge is 2.43. The largest absolute Gasteiger partial charge is 0.340 e. The molecule has 10 nitrogen and oxygen atoms in total. The van der Waals surface area contributed by atoms with E-state index in [0.29, 0.717) is 24.1 Å². The number of aromatic nitrogens is 2. The van der Waals surface area contributed by atoms with Gasteiger partial charge in [0.15, 0.2) is 5.82 Å². The molecule has 0 unspecified atom stereocenters. The maximum atomic E-state index is 14.4. The molecule has 1 aromatic carbocycles. The standard InChI is InChI=1S/C19H23ClFN5O5S2/c1-25-9-17(22-11-25)13-5-15(18(21)16(20)6-13)19(27)23-24-32(28,29)10-12-7-26(8-12)33(30,31)14-3-2-4-14/h5-6,9,11-12,14,24H,2-4,7-8,10H2,1H3,(H,23,27). The fraction of sp³-hybridized carbons (Fsp3) is 0.474. The molecule has 1 amide bonds. The fourth-order valence-corrected chi connectivity index (χ4v) is 7.29. The molecule has 1 aliphatic carbocycles. The Bertz CT molecular complexity index is 1290. The molecule has 2 heterocycles. The van der Waals surface area contributed by atoms with Crippen LogP contribution >= 0.6 is 11.6 Å². The van der Waals surface area contributed by atoms with Gasteiger partial charge < -0.3 is 4.57 Å². The summed E-state index contributed by atoms with van der Waals surface area (Å²) in [7, 11) is -5.60. The van der Waals surface area contributed by atoms with Crippen LogP contribution in [0.25, 0.3) is 11.3 Å². The maximum Gasteiger partial charge on any atom is 0.269 e. The minimum absolute atomic E-state index is 0.115. The molecule has 0 bridgehead atoms. The summed E-state index contributed by atoms with van der Waals surface area (Å²) in [5.74, 6) is -2.79. The zero-order chi connectivity index (χ0) is 24.0. The summed E-state index contributed by atoms with van der Waals surface area (Å²) in [6.07, 6.45) is 5.34. The van der Waals surface area contributed by atoms with E-state index in [0.717, 1.165) is 6.42 Å². The molecule has 2 aromatic rings. The van der Waals surface area contributed by atoms with Gasteiger partial charge in [0, 0.05) is 37.8 Å². The van der Waals surface area contributed by atoms with Crippen molar-refractivity contribution in [2.45, 2.75) is 24.5 Å². The molecule has 2 fully saturated rings. The Morgan fingerprint density at radius 1 is 1.24 bits per heavy atom. The molecule has 14 heteroatoms. The summed E-state index contributed by atoms with van der Waals surface area (Å²) in [5, 5.41) is -0.676. The van der Waals surface area contributed by atoms with E-state index in [-0.39, 0.29) is 29.1 Å². The molecule has 33 heavy (non-hydrogen) atoms. The van der Waals surface area contributed by atoms with Crippen LogP contribution in [0, 0.1) is 11.7 Å². The molecule has 1 saturated heterocycles. The second-order valence-corrected chi connectivity index (χ2v) is 12.7. The molecule has 2 N–H and O–H groups in total. The van der Waals surface area contributed by atoms with Crippen molar-refractivity contribution < 1.29 is 26.0 Å². The number of rotatable bonds is 8. The minimum atomic E-state index is -3.98. The number of halogens is 2. The van der Waals surface area contributed by atoms with Gasteiger partial charge in [-0.3, -0.25) is 10.2 Å². The highest BCUT2D eigenvalue weighted by molar-refractivity contribution is 7.90. The van der Waals surface area contributed by atoms with E-state index in [1.165, 1.54) is 22.8 Å². The van der Waals surface area contributed by atoms with Crippen molar-refractivity contribution in [1.82, 2.24) is 24.1 Å². The van der Waals surface area contributed by atoms with Crippen LogP contribution in [0.3, 0.4) is 0 Å². The van der Waals surface area contributed by atoms with Crippen molar-refractivity contribution in [2.75, 3.05) is 18.8 Å². The fourth-order valence-electron chi connectivity index (χ4n) is 3.72. The van der Waals surface area contributed by atoms with Crippen molar-refractivity contribution in [3.63, 3.8) is 0 Å². The quantitative estimate of drug-likeness (QED) is 0.505. The maximum absolute atomic E-state index is 14.4. The van der Waals surface area contributed by atoms with Gasteiger partial charge in [-0.15, -0.1) is 4.83 Å². The predicted octanol–water partition coefficient (Wildman–Crippen LogP) is 1.26. The van der Waals surface area contributed by atoms with E-state index in [1.807, 2.05) is 10.3 Å². The number of aryl methyl sites for hydroxylation is 1. The molecule has 4 rings (SSSR count). The summed E-state index contributed by atoms with van der Waals surface area (Å²) in [4.78, 5) is 18.5. The van der Waals surface area contributed by atoms with E-state index in [9.17, 15) is 26.0 Å². The first-order chi connectivity index (χ1) is 15.5. The van der Waals surface area contributed by atoms with Crippen molar-refractivity contribution in [1.29, 1.82) is 0 Å². The number of carbonyl (C=O) groups excluding carboxylic acids is 1. The van der Waals surface area contributed by atoms with Gasteiger partial charge in [0.25, 0.3) is 5.91 Å². The average Bonchev–Trinajstić information content (AvgIpc) is 3.09. The average molecular weight is 520 g/mol. The lowest BCUT2D eigenvalue weighted by molar-refractivity contribution is 0.0941. The highest BCUT2D eigenvalue weighted by Crippen LogP contribution is 2.32. The lowest BCUT2D eigenvalue weighted by atomic mass is 10.00.